The maximum atomic E-state index is 4.47. The molecule has 0 saturated heterocycles. The van der Waals surface area contributed by atoms with Crippen LogP contribution in [0.25, 0.3) is 0 Å². The maximum absolute atomic E-state index is 4.47. The predicted octanol–water partition coefficient (Wildman–Crippen LogP) is 4.73. The highest BCUT2D eigenvalue weighted by Gasteiger charge is 2.22. The summed E-state index contributed by atoms with van der Waals surface area (Å²) >= 11 is 9.57. The van der Waals surface area contributed by atoms with E-state index < -0.39 is 0 Å². The average molecular weight is 513 g/mol. The molecule has 0 bridgehead atoms. The van der Waals surface area contributed by atoms with E-state index in [0.717, 1.165) is 21.9 Å². The largest absolute Gasteiger partial charge is 0.308 e. The first-order valence-corrected chi connectivity index (χ1v) is 9.08. The smallest absolute Gasteiger partial charge is 0.0768 e. The van der Waals surface area contributed by atoms with Gasteiger partial charge in [-0.05, 0) is 75.8 Å². The molecule has 0 saturated carbocycles. The second-order valence-corrected chi connectivity index (χ2v) is 7.42. The SMILES string of the molecule is CCCn1ncc(Br)c1C(NC)c1cc(Br)ccc1I. The van der Waals surface area contributed by atoms with Crippen molar-refractivity contribution in [2.45, 2.75) is 25.9 Å². The van der Waals surface area contributed by atoms with Crippen LogP contribution < -0.4 is 5.32 Å². The molecule has 2 rings (SSSR count). The van der Waals surface area contributed by atoms with Crippen molar-refractivity contribution in [3.05, 3.63) is 48.2 Å². The van der Waals surface area contributed by atoms with Gasteiger partial charge in [0.05, 0.1) is 22.4 Å². The fraction of sp³-hybridized carbons (Fsp3) is 0.357. The molecule has 1 unspecified atom stereocenters. The molecule has 0 aliphatic heterocycles. The molecule has 2 aromatic rings. The van der Waals surface area contributed by atoms with E-state index in [-0.39, 0.29) is 6.04 Å². The highest BCUT2D eigenvalue weighted by Crippen LogP contribution is 2.32. The normalized spacial score (nSPS) is 12.7. The van der Waals surface area contributed by atoms with Crippen molar-refractivity contribution in [1.29, 1.82) is 0 Å². The molecule has 1 aromatic heterocycles. The number of rotatable bonds is 5. The lowest BCUT2D eigenvalue weighted by molar-refractivity contribution is 0.532. The van der Waals surface area contributed by atoms with Gasteiger partial charge in [-0.25, -0.2) is 0 Å². The van der Waals surface area contributed by atoms with Gasteiger partial charge in [0, 0.05) is 14.6 Å². The number of hydrogen-bond donors (Lipinski definition) is 1. The molecule has 0 spiro atoms. The van der Waals surface area contributed by atoms with Crippen molar-refractivity contribution in [3.8, 4) is 0 Å². The number of nitrogens with one attached hydrogen (secondary N) is 1. The van der Waals surface area contributed by atoms with E-state index in [9.17, 15) is 0 Å². The summed E-state index contributed by atoms with van der Waals surface area (Å²) in [6.45, 7) is 3.08. The number of aryl methyl sites for hydroxylation is 1. The second kappa shape index (κ2) is 7.38. The summed E-state index contributed by atoms with van der Waals surface area (Å²) in [4.78, 5) is 0. The lowest BCUT2D eigenvalue weighted by atomic mass is 10.0. The number of aromatic nitrogens is 2. The molecule has 0 aliphatic carbocycles. The summed E-state index contributed by atoms with van der Waals surface area (Å²) in [5.74, 6) is 0. The lowest BCUT2D eigenvalue weighted by Crippen LogP contribution is -2.23. The van der Waals surface area contributed by atoms with Crippen LogP contribution in [-0.4, -0.2) is 16.8 Å². The minimum Gasteiger partial charge on any atom is -0.308 e. The zero-order valence-electron chi connectivity index (χ0n) is 11.3. The minimum atomic E-state index is 0.114. The Hall–Kier alpha value is 0.0800. The van der Waals surface area contributed by atoms with Gasteiger partial charge in [0.2, 0.25) is 0 Å². The van der Waals surface area contributed by atoms with E-state index in [1.54, 1.807) is 0 Å². The molecule has 1 atom stereocenters. The number of benzene rings is 1. The molecule has 0 amide bonds. The first-order chi connectivity index (χ1) is 9.58. The molecule has 1 aromatic carbocycles. The summed E-state index contributed by atoms with van der Waals surface area (Å²) in [7, 11) is 1.98. The summed E-state index contributed by atoms with van der Waals surface area (Å²) in [5.41, 5.74) is 2.42. The van der Waals surface area contributed by atoms with Crippen LogP contribution >= 0.6 is 54.5 Å². The third-order valence-electron chi connectivity index (χ3n) is 3.10. The van der Waals surface area contributed by atoms with Crippen molar-refractivity contribution in [2.24, 2.45) is 0 Å². The van der Waals surface area contributed by atoms with Crippen molar-refractivity contribution >= 4 is 54.5 Å². The summed E-state index contributed by atoms with van der Waals surface area (Å²) in [5, 5.41) is 7.88. The van der Waals surface area contributed by atoms with Crippen molar-refractivity contribution in [1.82, 2.24) is 15.1 Å². The van der Waals surface area contributed by atoms with Crippen molar-refractivity contribution in [3.63, 3.8) is 0 Å². The van der Waals surface area contributed by atoms with Gasteiger partial charge in [-0.2, -0.15) is 5.10 Å². The highest BCUT2D eigenvalue weighted by molar-refractivity contribution is 14.1. The standard InChI is InChI=1S/C14H16Br2IN3/c1-3-6-20-14(11(16)8-19-20)13(18-2)10-7-9(15)4-5-12(10)17/h4-5,7-8,13,18H,3,6H2,1-2H3. The molecular formula is C14H16Br2IN3. The van der Waals surface area contributed by atoms with Gasteiger partial charge >= 0.3 is 0 Å². The summed E-state index contributed by atoms with van der Waals surface area (Å²) < 4.78 is 5.44. The summed E-state index contributed by atoms with van der Waals surface area (Å²) in [6, 6.07) is 6.47. The Morgan fingerprint density at radius 1 is 1.40 bits per heavy atom. The Morgan fingerprint density at radius 3 is 2.80 bits per heavy atom. The van der Waals surface area contributed by atoms with Gasteiger partial charge in [0.1, 0.15) is 0 Å². The Balaban J connectivity index is 2.52. The van der Waals surface area contributed by atoms with E-state index in [2.05, 4.69) is 94.7 Å². The second-order valence-electron chi connectivity index (χ2n) is 4.49. The topological polar surface area (TPSA) is 29.9 Å². The van der Waals surface area contributed by atoms with Crippen LogP contribution in [0.15, 0.2) is 33.3 Å². The molecule has 1 heterocycles. The molecule has 108 valence electrons. The molecule has 3 nitrogen and oxygen atoms in total. The monoisotopic (exact) mass is 511 g/mol. The summed E-state index contributed by atoms with van der Waals surface area (Å²) in [6.07, 6.45) is 2.94. The highest BCUT2D eigenvalue weighted by atomic mass is 127. The van der Waals surface area contributed by atoms with Crippen LogP contribution in [0.5, 0.6) is 0 Å². The Kier molecular flexibility index (Phi) is 6.07. The van der Waals surface area contributed by atoms with E-state index in [1.807, 2.05) is 13.2 Å². The zero-order valence-corrected chi connectivity index (χ0v) is 16.7. The first kappa shape index (κ1) is 16.5. The molecule has 20 heavy (non-hydrogen) atoms. The number of halogens is 3. The Bertz CT molecular complexity index is 598. The van der Waals surface area contributed by atoms with Gasteiger partial charge in [-0.3, -0.25) is 4.68 Å². The maximum Gasteiger partial charge on any atom is 0.0768 e. The van der Waals surface area contributed by atoms with E-state index in [4.69, 9.17) is 0 Å². The molecule has 1 N–H and O–H groups in total. The van der Waals surface area contributed by atoms with Crippen LogP contribution in [0.3, 0.4) is 0 Å². The van der Waals surface area contributed by atoms with Crippen LogP contribution in [-0.2, 0) is 6.54 Å². The van der Waals surface area contributed by atoms with Gasteiger partial charge in [0.25, 0.3) is 0 Å². The molecule has 0 fully saturated rings. The Morgan fingerprint density at radius 2 is 2.15 bits per heavy atom. The minimum absolute atomic E-state index is 0.114. The fourth-order valence-electron chi connectivity index (χ4n) is 2.22. The molecule has 0 aliphatic rings. The van der Waals surface area contributed by atoms with E-state index in [0.29, 0.717) is 0 Å². The molecule has 0 radical (unpaired) electrons. The third-order valence-corrected chi connectivity index (χ3v) is 5.19. The third kappa shape index (κ3) is 3.45. The van der Waals surface area contributed by atoms with E-state index >= 15 is 0 Å². The molecule has 6 heteroatoms. The quantitative estimate of drug-likeness (QED) is 0.587. The van der Waals surface area contributed by atoms with E-state index in [1.165, 1.54) is 14.8 Å². The zero-order chi connectivity index (χ0) is 14.7. The van der Waals surface area contributed by atoms with Gasteiger partial charge in [0.15, 0.2) is 0 Å². The van der Waals surface area contributed by atoms with Crippen LogP contribution in [0.2, 0.25) is 0 Å². The van der Waals surface area contributed by atoms with Crippen LogP contribution in [0.1, 0.15) is 30.6 Å². The fourth-order valence-corrected chi connectivity index (χ4v) is 3.78. The van der Waals surface area contributed by atoms with Gasteiger partial charge in [-0.1, -0.05) is 22.9 Å². The van der Waals surface area contributed by atoms with Crippen molar-refractivity contribution in [2.75, 3.05) is 7.05 Å². The molecular weight excluding hydrogens is 497 g/mol. The lowest BCUT2D eigenvalue weighted by Gasteiger charge is -2.21. The Labute approximate surface area is 149 Å². The predicted molar refractivity (Wildman–Crippen MR) is 98.0 cm³/mol. The number of hydrogen-bond acceptors (Lipinski definition) is 2. The first-order valence-electron chi connectivity index (χ1n) is 6.41. The van der Waals surface area contributed by atoms with Crippen LogP contribution in [0, 0.1) is 3.57 Å². The van der Waals surface area contributed by atoms with Gasteiger partial charge < -0.3 is 5.32 Å². The van der Waals surface area contributed by atoms with Crippen LogP contribution in [0.4, 0.5) is 0 Å². The van der Waals surface area contributed by atoms with Crippen molar-refractivity contribution < 1.29 is 0 Å². The average Bonchev–Trinajstić information content (AvgIpc) is 2.77. The number of nitrogens with zero attached hydrogens (tertiary/aromatic N) is 2. The van der Waals surface area contributed by atoms with Gasteiger partial charge in [-0.15, -0.1) is 0 Å².